The smallest absolute Gasteiger partial charge is 0.201 e. The number of fused-ring (bicyclic) bond motifs is 1. The highest BCUT2D eigenvalue weighted by molar-refractivity contribution is 5.80. The molecule has 1 aliphatic carbocycles. The van der Waals surface area contributed by atoms with E-state index in [4.69, 9.17) is 5.73 Å². The second-order valence-electron chi connectivity index (χ2n) is 6.11. The molecule has 0 bridgehead atoms. The van der Waals surface area contributed by atoms with Crippen molar-refractivity contribution in [3.63, 3.8) is 0 Å². The van der Waals surface area contributed by atoms with Gasteiger partial charge in [0.15, 0.2) is 0 Å². The highest BCUT2D eigenvalue weighted by atomic mass is 16.3. The van der Waals surface area contributed by atoms with Crippen LogP contribution in [0.1, 0.15) is 32.6 Å². The molecule has 0 spiro atoms. The third-order valence-electron chi connectivity index (χ3n) is 4.42. The summed E-state index contributed by atoms with van der Waals surface area (Å²) in [5.41, 5.74) is 8.06. The third kappa shape index (κ3) is 2.45. The van der Waals surface area contributed by atoms with E-state index in [0.717, 1.165) is 48.3 Å². The van der Waals surface area contributed by atoms with Crippen LogP contribution in [-0.2, 0) is 0 Å². The van der Waals surface area contributed by atoms with Gasteiger partial charge in [0.25, 0.3) is 0 Å². The number of nitrogen functional groups attached to an aromatic ring is 1. The van der Waals surface area contributed by atoms with Crippen LogP contribution in [0.2, 0.25) is 0 Å². The van der Waals surface area contributed by atoms with E-state index in [0.29, 0.717) is 5.95 Å². The number of rotatable bonds is 3. The largest absolute Gasteiger partial charge is 0.399 e. The molecule has 1 aromatic carbocycles. The second kappa shape index (κ2) is 4.98. The zero-order valence-electron chi connectivity index (χ0n) is 11.8. The first-order valence-electron chi connectivity index (χ1n) is 7.24. The van der Waals surface area contributed by atoms with Crippen molar-refractivity contribution in [2.75, 3.05) is 17.7 Å². The van der Waals surface area contributed by atoms with E-state index < -0.39 is 0 Å². The van der Waals surface area contributed by atoms with E-state index in [1.807, 2.05) is 18.2 Å². The van der Waals surface area contributed by atoms with Crippen molar-refractivity contribution in [1.29, 1.82) is 0 Å². The number of anilines is 2. The van der Waals surface area contributed by atoms with Gasteiger partial charge in [-0.25, -0.2) is 4.98 Å². The molecule has 0 atom stereocenters. The lowest BCUT2D eigenvalue weighted by Gasteiger charge is -2.38. The molecule has 1 aromatic heterocycles. The number of H-pyrrole nitrogens is 1. The van der Waals surface area contributed by atoms with Crippen LogP contribution < -0.4 is 11.1 Å². The Hall–Kier alpha value is -1.75. The van der Waals surface area contributed by atoms with Crippen molar-refractivity contribution in [3.8, 4) is 0 Å². The number of imidazole rings is 1. The van der Waals surface area contributed by atoms with Crippen LogP contribution >= 0.6 is 0 Å². The van der Waals surface area contributed by atoms with E-state index in [1.165, 1.54) is 0 Å². The maximum absolute atomic E-state index is 9.78. The average Bonchev–Trinajstić information content (AvgIpc) is 2.83. The molecule has 0 unspecified atom stereocenters. The minimum atomic E-state index is -0.244. The molecule has 0 amide bonds. The van der Waals surface area contributed by atoms with Gasteiger partial charge < -0.3 is 21.1 Å². The Morgan fingerprint density at radius 3 is 2.90 bits per heavy atom. The predicted molar refractivity (Wildman–Crippen MR) is 81.6 cm³/mol. The van der Waals surface area contributed by atoms with Gasteiger partial charge >= 0.3 is 0 Å². The lowest BCUT2D eigenvalue weighted by Crippen LogP contribution is -2.45. The Bertz CT molecular complexity index is 599. The molecule has 0 aliphatic heterocycles. The van der Waals surface area contributed by atoms with E-state index in [-0.39, 0.29) is 12.1 Å². The summed E-state index contributed by atoms with van der Waals surface area (Å²) in [5, 5.41) is 13.2. The van der Waals surface area contributed by atoms with Crippen molar-refractivity contribution in [2.24, 2.45) is 5.92 Å². The summed E-state index contributed by atoms with van der Waals surface area (Å²) in [6.07, 6.45) is 4.23. The lowest BCUT2D eigenvalue weighted by atomic mass is 9.77. The number of nitrogens with two attached hydrogens (primary N) is 1. The standard InChI is InChI=1S/C15H22N4O/c1-10-4-6-15(9-20,7-5-10)19-14-17-12-3-2-11(16)8-13(12)18-14/h2-3,8,10,20H,4-7,9,16H2,1H3,(H2,17,18,19). The molecule has 1 aliphatic rings. The summed E-state index contributed by atoms with van der Waals surface area (Å²) in [5.74, 6) is 1.46. The summed E-state index contributed by atoms with van der Waals surface area (Å²) < 4.78 is 0. The fourth-order valence-corrected chi connectivity index (χ4v) is 2.97. The highest BCUT2D eigenvalue weighted by Gasteiger charge is 2.34. The molecule has 0 saturated heterocycles. The predicted octanol–water partition coefficient (Wildman–Crippen LogP) is 2.50. The fourth-order valence-electron chi connectivity index (χ4n) is 2.97. The van der Waals surface area contributed by atoms with Crippen LogP contribution in [0.5, 0.6) is 0 Å². The van der Waals surface area contributed by atoms with Crippen molar-refractivity contribution >= 4 is 22.7 Å². The SMILES string of the molecule is CC1CCC(CO)(Nc2nc3ccc(N)cc3[nH]2)CC1. The summed E-state index contributed by atoms with van der Waals surface area (Å²) in [6, 6.07) is 5.63. The van der Waals surface area contributed by atoms with Crippen molar-refractivity contribution in [2.45, 2.75) is 38.1 Å². The Kier molecular flexibility index (Phi) is 3.30. The van der Waals surface area contributed by atoms with Crippen molar-refractivity contribution in [1.82, 2.24) is 9.97 Å². The van der Waals surface area contributed by atoms with Gasteiger partial charge in [-0.2, -0.15) is 0 Å². The monoisotopic (exact) mass is 274 g/mol. The van der Waals surface area contributed by atoms with E-state index >= 15 is 0 Å². The number of hydrogen-bond acceptors (Lipinski definition) is 4. The number of aliphatic hydroxyl groups excluding tert-OH is 1. The lowest BCUT2D eigenvalue weighted by molar-refractivity contribution is 0.154. The Labute approximate surface area is 118 Å². The topological polar surface area (TPSA) is 87.0 Å². The van der Waals surface area contributed by atoms with Gasteiger partial charge in [0.2, 0.25) is 5.95 Å². The van der Waals surface area contributed by atoms with Crippen molar-refractivity contribution in [3.05, 3.63) is 18.2 Å². The molecule has 108 valence electrons. The molecule has 3 rings (SSSR count). The van der Waals surface area contributed by atoms with E-state index in [9.17, 15) is 5.11 Å². The van der Waals surface area contributed by atoms with Gasteiger partial charge in [-0.3, -0.25) is 0 Å². The molecule has 5 heteroatoms. The number of aliphatic hydroxyl groups is 1. The van der Waals surface area contributed by atoms with Gasteiger partial charge in [-0.05, 0) is 49.8 Å². The Morgan fingerprint density at radius 1 is 1.45 bits per heavy atom. The van der Waals surface area contributed by atoms with E-state index in [1.54, 1.807) is 0 Å². The summed E-state index contributed by atoms with van der Waals surface area (Å²) in [7, 11) is 0. The first-order chi connectivity index (χ1) is 9.60. The zero-order chi connectivity index (χ0) is 14.2. The van der Waals surface area contributed by atoms with Crippen molar-refractivity contribution < 1.29 is 5.11 Å². The number of hydrogen-bond donors (Lipinski definition) is 4. The zero-order valence-corrected chi connectivity index (χ0v) is 11.8. The molecular formula is C15H22N4O. The minimum absolute atomic E-state index is 0.138. The van der Waals surface area contributed by atoms with Gasteiger partial charge in [0.1, 0.15) is 0 Å². The normalized spacial score (nSPS) is 26.8. The molecular weight excluding hydrogens is 252 g/mol. The first kappa shape index (κ1) is 13.2. The Balaban J connectivity index is 1.84. The fraction of sp³-hybridized carbons (Fsp3) is 0.533. The number of nitrogens with zero attached hydrogens (tertiary/aromatic N) is 1. The van der Waals surface area contributed by atoms with Gasteiger partial charge in [0.05, 0.1) is 23.2 Å². The molecule has 1 saturated carbocycles. The summed E-state index contributed by atoms with van der Waals surface area (Å²) >= 11 is 0. The van der Waals surface area contributed by atoms with Gasteiger partial charge in [0, 0.05) is 5.69 Å². The van der Waals surface area contributed by atoms with Crippen LogP contribution in [0.3, 0.4) is 0 Å². The van der Waals surface area contributed by atoms with Crippen LogP contribution in [0.15, 0.2) is 18.2 Å². The first-order valence-corrected chi connectivity index (χ1v) is 7.24. The van der Waals surface area contributed by atoms with Crippen LogP contribution in [0.25, 0.3) is 11.0 Å². The maximum atomic E-state index is 9.78. The molecule has 0 radical (unpaired) electrons. The average molecular weight is 274 g/mol. The van der Waals surface area contributed by atoms with Crippen LogP contribution in [-0.4, -0.2) is 27.2 Å². The molecule has 20 heavy (non-hydrogen) atoms. The van der Waals surface area contributed by atoms with Crippen LogP contribution in [0.4, 0.5) is 11.6 Å². The van der Waals surface area contributed by atoms with Crippen LogP contribution in [0, 0.1) is 5.92 Å². The highest BCUT2D eigenvalue weighted by Crippen LogP contribution is 2.34. The number of aromatic nitrogens is 2. The molecule has 2 aromatic rings. The van der Waals surface area contributed by atoms with Gasteiger partial charge in [-0.15, -0.1) is 0 Å². The van der Waals surface area contributed by atoms with Gasteiger partial charge in [-0.1, -0.05) is 6.92 Å². The minimum Gasteiger partial charge on any atom is -0.399 e. The quantitative estimate of drug-likeness (QED) is 0.648. The van der Waals surface area contributed by atoms with E-state index in [2.05, 4.69) is 22.2 Å². The summed E-state index contributed by atoms with van der Waals surface area (Å²) in [4.78, 5) is 7.77. The number of benzene rings is 1. The second-order valence-corrected chi connectivity index (χ2v) is 6.11. The summed E-state index contributed by atoms with van der Waals surface area (Å²) in [6.45, 7) is 2.41. The number of nitrogens with one attached hydrogen (secondary N) is 2. The Morgan fingerprint density at radius 2 is 2.20 bits per heavy atom. The number of aromatic amines is 1. The third-order valence-corrected chi connectivity index (χ3v) is 4.42. The maximum Gasteiger partial charge on any atom is 0.201 e. The molecule has 1 heterocycles. The molecule has 5 N–H and O–H groups in total. The molecule has 5 nitrogen and oxygen atoms in total. The molecule has 1 fully saturated rings.